The van der Waals surface area contributed by atoms with Gasteiger partial charge in [-0.05, 0) is 18.6 Å². The average molecular weight is 247 g/mol. The summed E-state index contributed by atoms with van der Waals surface area (Å²) in [5.74, 6) is 0.305. The monoisotopic (exact) mass is 247 g/mol. The first-order valence-electron chi connectivity index (χ1n) is 5.74. The first-order chi connectivity index (χ1) is 8.60. The Morgan fingerprint density at radius 1 is 1.61 bits per heavy atom. The van der Waals surface area contributed by atoms with Crippen LogP contribution < -0.4 is 15.8 Å². The van der Waals surface area contributed by atoms with Crippen LogP contribution in [-0.4, -0.2) is 19.1 Å². The van der Waals surface area contributed by atoms with Crippen LogP contribution in [0.15, 0.2) is 18.2 Å². The number of methoxy groups -OCH3 is 1. The lowest BCUT2D eigenvalue weighted by Crippen LogP contribution is -2.26. The fourth-order valence-electron chi connectivity index (χ4n) is 1.45. The number of hydrogen-bond acceptors (Lipinski definition) is 4. The van der Waals surface area contributed by atoms with Gasteiger partial charge in [-0.15, -0.1) is 0 Å². The van der Waals surface area contributed by atoms with E-state index in [2.05, 4.69) is 5.32 Å². The number of nitrogens with two attached hydrogens (primary N) is 1. The smallest absolute Gasteiger partial charge is 0.226 e. The van der Waals surface area contributed by atoms with Gasteiger partial charge in [-0.3, -0.25) is 4.79 Å². The highest BCUT2D eigenvalue weighted by atomic mass is 16.5. The van der Waals surface area contributed by atoms with Crippen molar-refractivity contribution in [1.82, 2.24) is 0 Å². The normalized spacial score (nSPS) is 11.4. The van der Waals surface area contributed by atoms with Crippen LogP contribution in [0.25, 0.3) is 0 Å². The molecule has 0 saturated heterocycles. The molecule has 0 aliphatic heterocycles. The SMILES string of the molecule is CCC(N)CC(=O)Nc1ccc(C#N)cc1OC. The van der Waals surface area contributed by atoms with Crippen molar-refractivity contribution < 1.29 is 9.53 Å². The third-order valence-corrected chi connectivity index (χ3v) is 2.58. The van der Waals surface area contributed by atoms with Crippen molar-refractivity contribution in [2.24, 2.45) is 5.73 Å². The molecule has 0 spiro atoms. The predicted molar refractivity (Wildman–Crippen MR) is 69.2 cm³/mol. The van der Waals surface area contributed by atoms with Gasteiger partial charge in [0.1, 0.15) is 5.75 Å². The van der Waals surface area contributed by atoms with E-state index in [9.17, 15) is 4.79 Å². The molecular weight excluding hydrogens is 230 g/mol. The molecule has 1 aromatic rings. The van der Waals surface area contributed by atoms with Gasteiger partial charge in [0.2, 0.25) is 5.91 Å². The number of hydrogen-bond donors (Lipinski definition) is 2. The Balaban J connectivity index is 2.78. The summed E-state index contributed by atoms with van der Waals surface area (Å²) in [4.78, 5) is 11.7. The van der Waals surface area contributed by atoms with Crippen molar-refractivity contribution in [2.75, 3.05) is 12.4 Å². The molecule has 1 aromatic carbocycles. The quantitative estimate of drug-likeness (QED) is 0.827. The molecule has 0 aromatic heterocycles. The van der Waals surface area contributed by atoms with Crippen molar-refractivity contribution >= 4 is 11.6 Å². The summed E-state index contributed by atoms with van der Waals surface area (Å²) < 4.78 is 5.12. The van der Waals surface area contributed by atoms with Crippen molar-refractivity contribution in [1.29, 1.82) is 5.26 Å². The molecule has 0 aliphatic rings. The minimum absolute atomic E-state index is 0.144. The van der Waals surface area contributed by atoms with Gasteiger partial charge in [-0.1, -0.05) is 6.92 Å². The summed E-state index contributed by atoms with van der Waals surface area (Å²) in [6.07, 6.45) is 1.01. The molecule has 1 atom stereocenters. The van der Waals surface area contributed by atoms with Crippen LogP contribution in [0.2, 0.25) is 0 Å². The molecule has 0 aliphatic carbocycles. The number of nitrogens with one attached hydrogen (secondary N) is 1. The molecule has 18 heavy (non-hydrogen) atoms. The lowest BCUT2D eigenvalue weighted by atomic mass is 10.1. The van der Waals surface area contributed by atoms with E-state index in [1.54, 1.807) is 18.2 Å². The van der Waals surface area contributed by atoms with Crippen molar-refractivity contribution in [3.8, 4) is 11.8 Å². The standard InChI is InChI=1S/C13H17N3O2/c1-3-10(15)7-13(17)16-11-5-4-9(8-14)6-12(11)18-2/h4-6,10H,3,7,15H2,1-2H3,(H,16,17). The number of anilines is 1. The fraction of sp³-hybridized carbons (Fsp3) is 0.385. The number of ether oxygens (including phenoxy) is 1. The molecule has 1 rings (SSSR count). The number of amides is 1. The largest absolute Gasteiger partial charge is 0.495 e. The van der Waals surface area contributed by atoms with Gasteiger partial charge in [0, 0.05) is 18.5 Å². The molecule has 0 radical (unpaired) electrons. The molecule has 5 nitrogen and oxygen atoms in total. The summed E-state index contributed by atoms with van der Waals surface area (Å²) in [5, 5.41) is 11.5. The van der Waals surface area contributed by atoms with Gasteiger partial charge in [-0.2, -0.15) is 5.26 Å². The number of benzene rings is 1. The topological polar surface area (TPSA) is 88.1 Å². The van der Waals surface area contributed by atoms with E-state index in [1.165, 1.54) is 7.11 Å². The van der Waals surface area contributed by atoms with Crippen LogP contribution in [0.4, 0.5) is 5.69 Å². The average Bonchev–Trinajstić information content (AvgIpc) is 2.38. The molecule has 0 saturated carbocycles. The van der Waals surface area contributed by atoms with Crippen LogP contribution in [0.5, 0.6) is 5.75 Å². The Morgan fingerprint density at radius 2 is 2.33 bits per heavy atom. The number of carbonyl (C=O) groups is 1. The predicted octanol–water partition coefficient (Wildman–Crippen LogP) is 1.63. The van der Waals surface area contributed by atoms with Gasteiger partial charge in [0.25, 0.3) is 0 Å². The molecule has 1 amide bonds. The minimum Gasteiger partial charge on any atom is -0.495 e. The summed E-state index contributed by atoms with van der Waals surface area (Å²) in [6.45, 7) is 1.93. The molecule has 96 valence electrons. The Labute approximate surface area is 107 Å². The van der Waals surface area contributed by atoms with Gasteiger partial charge in [0.15, 0.2) is 0 Å². The zero-order valence-electron chi connectivity index (χ0n) is 10.6. The number of nitrogens with zero attached hydrogens (tertiary/aromatic N) is 1. The van der Waals surface area contributed by atoms with E-state index in [0.717, 1.165) is 6.42 Å². The molecule has 5 heteroatoms. The molecule has 0 bridgehead atoms. The molecular formula is C13H17N3O2. The van der Waals surface area contributed by atoms with Crippen LogP contribution in [0.1, 0.15) is 25.3 Å². The molecule has 3 N–H and O–H groups in total. The molecule has 1 unspecified atom stereocenters. The second kappa shape index (κ2) is 6.62. The highest BCUT2D eigenvalue weighted by molar-refractivity contribution is 5.92. The van der Waals surface area contributed by atoms with E-state index < -0.39 is 0 Å². The molecule has 0 fully saturated rings. The van der Waals surface area contributed by atoms with E-state index in [4.69, 9.17) is 15.7 Å². The maximum atomic E-state index is 11.7. The highest BCUT2D eigenvalue weighted by Gasteiger charge is 2.11. The van der Waals surface area contributed by atoms with Crippen LogP contribution in [0, 0.1) is 11.3 Å². The highest BCUT2D eigenvalue weighted by Crippen LogP contribution is 2.25. The number of nitriles is 1. The summed E-state index contributed by atoms with van der Waals surface area (Å²) in [6, 6.07) is 6.71. The molecule has 0 heterocycles. The Bertz CT molecular complexity index is 466. The first-order valence-corrected chi connectivity index (χ1v) is 5.74. The lowest BCUT2D eigenvalue weighted by molar-refractivity contribution is -0.116. The summed E-state index contributed by atoms with van der Waals surface area (Å²) in [7, 11) is 1.49. The van der Waals surface area contributed by atoms with Crippen LogP contribution in [-0.2, 0) is 4.79 Å². The van der Waals surface area contributed by atoms with E-state index >= 15 is 0 Å². The van der Waals surface area contributed by atoms with Crippen LogP contribution >= 0.6 is 0 Å². The van der Waals surface area contributed by atoms with Crippen molar-refractivity contribution in [3.05, 3.63) is 23.8 Å². The van der Waals surface area contributed by atoms with E-state index in [0.29, 0.717) is 17.0 Å². The zero-order valence-corrected chi connectivity index (χ0v) is 10.6. The van der Waals surface area contributed by atoms with Crippen molar-refractivity contribution in [2.45, 2.75) is 25.8 Å². The third kappa shape index (κ3) is 3.75. The first kappa shape index (κ1) is 14.0. The minimum atomic E-state index is -0.160. The Hall–Kier alpha value is -2.06. The van der Waals surface area contributed by atoms with E-state index in [-0.39, 0.29) is 18.4 Å². The van der Waals surface area contributed by atoms with Gasteiger partial charge in [0.05, 0.1) is 24.4 Å². The van der Waals surface area contributed by atoms with Gasteiger partial charge < -0.3 is 15.8 Å². The van der Waals surface area contributed by atoms with E-state index in [1.807, 2.05) is 13.0 Å². The Kier molecular flexibility index (Phi) is 5.15. The summed E-state index contributed by atoms with van der Waals surface area (Å²) >= 11 is 0. The maximum absolute atomic E-state index is 11.7. The summed E-state index contributed by atoms with van der Waals surface area (Å²) in [5.41, 5.74) is 6.74. The second-order valence-electron chi connectivity index (χ2n) is 3.95. The fourth-order valence-corrected chi connectivity index (χ4v) is 1.45. The zero-order chi connectivity index (χ0) is 13.5. The third-order valence-electron chi connectivity index (χ3n) is 2.58. The second-order valence-corrected chi connectivity index (χ2v) is 3.95. The maximum Gasteiger partial charge on any atom is 0.226 e. The lowest BCUT2D eigenvalue weighted by Gasteiger charge is -2.12. The van der Waals surface area contributed by atoms with Crippen molar-refractivity contribution in [3.63, 3.8) is 0 Å². The number of rotatable bonds is 5. The van der Waals surface area contributed by atoms with Crippen LogP contribution in [0.3, 0.4) is 0 Å². The van der Waals surface area contributed by atoms with Gasteiger partial charge in [-0.25, -0.2) is 0 Å². The number of carbonyl (C=O) groups excluding carboxylic acids is 1. The van der Waals surface area contributed by atoms with Gasteiger partial charge >= 0.3 is 0 Å². The Morgan fingerprint density at radius 3 is 2.89 bits per heavy atom.